The minimum absolute atomic E-state index is 0.0878. The molecule has 1 aliphatic rings. The van der Waals surface area contributed by atoms with Crippen molar-refractivity contribution < 1.29 is 4.42 Å². The van der Waals surface area contributed by atoms with E-state index < -0.39 is 0 Å². The van der Waals surface area contributed by atoms with Gasteiger partial charge < -0.3 is 14.2 Å². The maximum Gasteiger partial charge on any atom is 0.159 e. The fraction of sp³-hybridized carbons (Fsp3) is 0.160. The van der Waals surface area contributed by atoms with E-state index in [2.05, 4.69) is 201 Å². The van der Waals surface area contributed by atoms with E-state index >= 15 is 0 Å². The number of hydrogen-bond donors (Lipinski definition) is 0. The first-order chi connectivity index (χ1) is 25.8. The minimum Gasteiger partial charge on any atom is -0.454 e. The second-order valence-corrected chi connectivity index (χ2v) is 15.7. The van der Waals surface area contributed by atoms with E-state index in [4.69, 9.17) is 4.42 Å². The number of fused-ring (bicyclic) bond motifs is 4. The molecular formula is C50H44N2O. The Morgan fingerprint density at radius 2 is 0.906 bits per heavy atom. The van der Waals surface area contributed by atoms with Crippen LogP contribution in [0.4, 0.5) is 34.1 Å². The zero-order valence-corrected chi connectivity index (χ0v) is 30.9. The summed E-state index contributed by atoms with van der Waals surface area (Å²) in [6.07, 6.45) is 2.35. The van der Waals surface area contributed by atoms with Crippen LogP contribution in [0.1, 0.15) is 51.7 Å². The molecular weight excluding hydrogens is 645 g/mol. The normalized spacial score (nSPS) is 14.6. The van der Waals surface area contributed by atoms with Crippen molar-refractivity contribution >= 4 is 56.1 Å². The number of benzene rings is 7. The first kappa shape index (κ1) is 32.8. The molecule has 0 saturated heterocycles. The Morgan fingerprint density at radius 3 is 1.53 bits per heavy atom. The highest BCUT2D eigenvalue weighted by Crippen LogP contribution is 2.49. The molecule has 0 atom stereocenters. The van der Waals surface area contributed by atoms with E-state index in [-0.39, 0.29) is 10.8 Å². The van der Waals surface area contributed by atoms with Crippen molar-refractivity contribution in [3.63, 3.8) is 0 Å². The van der Waals surface area contributed by atoms with Crippen molar-refractivity contribution in [3.8, 4) is 11.1 Å². The summed E-state index contributed by atoms with van der Waals surface area (Å²) in [6, 6.07) is 60.9. The second kappa shape index (κ2) is 12.9. The summed E-state index contributed by atoms with van der Waals surface area (Å²) in [5, 5.41) is 2.26. The monoisotopic (exact) mass is 688 g/mol. The van der Waals surface area contributed by atoms with Crippen LogP contribution in [0.2, 0.25) is 0 Å². The highest BCUT2D eigenvalue weighted by atomic mass is 16.3. The molecule has 0 N–H and O–H groups in total. The van der Waals surface area contributed by atoms with Crippen LogP contribution in [-0.2, 0) is 10.8 Å². The van der Waals surface area contributed by atoms with Gasteiger partial charge in [0.25, 0.3) is 0 Å². The molecule has 9 rings (SSSR count). The summed E-state index contributed by atoms with van der Waals surface area (Å²) in [6.45, 7) is 9.57. The van der Waals surface area contributed by atoms with Gasteiger partial charge in [-0.05, 0) is 119 Å². The standard InChI is InChI=1S/C50H44N2O/c1-49(2)32-33-50(3,4)45-34-41(30-31-44(45)49)52(46-20-13-19-43-42-18-11-12-21-47(42)53-48(43)46)40-28-24-36(25-29-40)35-22-26-39(27-23-35)51(37-14-7-5-8-15-37)38-16-9-6-10-17-38/h5-31,34H,32-33H2,1-4H3. The maximum absolute atomic E-state index is 6.64. The van der Waals surface area contributed by atoms with Crippen molar-refractivity contribution in [2.45, 2.75) is 51.4 Å². The highest BCUT2D eigenvalue weighted by Gasteiger charge is 2.37. The van der Waals surface area contributed by atoms with Crippen molar-refractivity contribution in [2.24, 2.45) is 0 Å². The number of para-hydroxylation sites is 4. The summed E-state index contributed by atoms with van der Waals surface area (Å²) in [5.41, 5.74) is 13.9. The fourth-order valence-electron chi connectivity index (χ4n) is 8.26. The Bertz CT molecular complexity index is 2510. The van der Waals surface area contributed by atoms with Crippen molar-refractivity contribution in [1.82, 2.24) is 0 Å². The van der Waals surface area contributed by atoms with Gasteiger partial charge in [-0.3, -0.25) is 0 Å². The minimum atomic E-state index is 0.0878. The number of furan rings is 1. The van der Waals surface area contributed by atoms with Gasteiger partial charge in [-0.1, -0.05) is 125 Å². The zero-order valence-electron chi connectivity index (χ0n) is 30.9. The predicted octanol–water partition coefficient (Wildman–Crippen LogP) is 14.5. The lowest BCUT2D eigenvalue weighted by Crippen LogP contribution is -2.34. The lowest BCUT2D eigenvalue weighted by atomic mass is 9.63. The van der Waals surface area contributed by atoms with Crippen molar-refractivity contribution in [2.75, 3.05) is 9.80 Å². The maximum atomic E-state index is 6.64. The van der Waals surface area contributed by atoms with Gasteiger partial charge in [-0.2, -0.15) is 0 Å². The van der Waals surface area contributed by atoms with E-state index in [1.807, 2.05) is 6.07 Å². The fourth-order valence-corrected chi connectivity index (χ4v) is 8.26. The third-order valence-corrected chi connectivity index (χ3v) is 11.3. The molecule has 8 aromatic rings. The van der Waals surface area contributed by atoms with E-state index in [1.54, 1.807) is 0 Å². The van der Waals surface area contributed by atoms with Crippen LogP contribution in [0.3, 0.4) is 0 Å². The molecule has 1 aromatic heterocycles. The van der Waals surface area contributed by atoms with E-state index in [9.17, 15) is 0 Å². The Labute approximate surface area is 312 Å². The van der Waals surface area contributed by atoms with Gasteiger partial charge in [0, 0.05) is 39.2 Å². The summed E-state index contributed by atoms with van der Waals surface area (Å²) in [7, 11) is 0. The Balaban J connectivity index is 1.13. The van der Waals surface area contributed by atoms with Crippen LogP contribution in [0, 0.1) is 0 Å². The molecule has 260 valence electrons. The van der Waals surface area contributed by atoms with Gasteiger partial charge in [-0.15, -0.1) is 0 Å². The molecule has 0 fully saturated rings. The smallest absolute Gasteiger partial charge is 0.159 e. The summed E-state index contributed by atoms with van der Waals surface area (Å²) >= 11 is 0. The number of anilines is 6. The summed E-state index contributed by atoms with van der Waals surface area (Å²) < 4.78 is 6.64. The molecule has 0 bridgehead atoms. The number of hydrogen-bond acceptors (Lipinski definition) is 3. The van der Waals surface area contributed by atoms with Crippen LogP contribution in [0.15, 0.2) is 174 Å². The van der Waals surface area contributed by atoms with Gasteiger partial charge >= 0.3 is 0 Å². The van der Waals surface area contributed by atoms with Crippen LogP contribution in [-0.4, -0.2) is 0 Å². The second-order valence-electron chi connectivity index (χ2n) is 15.7. The molecule has 1 aliphatic carbocycles. The van der Waals surface area contributed by atoms with Gasteiger partial charge in [0.2, 0.25) is 0 Å². The lowest BCUT2D eigenvalue weighted by molar-refractivity contribution is 0.332. The van der Waals surface area contributed by atoms with Crippen LogP contribution in [0.25, 0.3) is 33.1 Å². The van der Waals surface area contributed by atoms with Gasteiger partial charge in [0.05, 0.1) is 5.69 Å². The van der Waals surface area contributed by atoms with Crippen molar-refractivity contribution in [3.05, 3.63) is 181 Å². The van der Waals surface area contributed by atoms with E-state index in [1.165, 1.54) is 28.7 Å². The Hall–Kier alpha value is -6.06. The van der Waals surface area contributed by atoms with Gasteiger partial charge in [-0.25, -0.2) is 0 Å². The SMILES string of the molecule is CC1(C)CCC(C)(C)c2cc(N(c3ccc(-c4ccc(N(c5ccccc5)c5ccccc5)cc4)cc3)c3cccc4c3oc3ccccc34)ccc21. The first-order valence-electron chi connectivity index (χ1n) is 18.7. The van der Waals surface area contributed by atoms with Crippen molar-refractivity contribution in [1.29, 1.82) is 0 Å². The third-order valence-electron chi connectivity index (χ3n) is 11.3. The molecule has 53 heavy (non-hydrogen) atoms. The largest absolute Gasteiger partial charge is 0.454 e. The molecule has 0 spiro atoms. The molecule has 0 unspecified atom stereocenters. The first-order valence-corrected chi connectivity index (χ1v) is 18.7. The quantitative estimate of drug-likeness (QED) is 0.166. The molecule has 0 amide bonds. The number of nitrogens with zero attached hydrogens (tertiary/aromatic N) is 2. The molecule has 0 saturated carbocycles. The summed E-state index contributed by atoms with van der Waals surface area (Å²) in [4.78, 5) is 4.68. The average molecular weight is 689 g/mol. The van der Waals surface area contributed by atoms with E-state index in [0.29, 0.717) is 0 Å². The topological polar surface area (TPSA) is 19.6 Å². The Kier molecular flexibility index (Phi) is 7.96. The summed E-state index contributed by atoms with van der Waals surface area (Å²) in [5.74, 6) is 0. The molecule has 1 heterocycles. The third kappa shape index (κ3) is 5.87. The van der Waals surface area contributed by atoms with Gasteiger partial charge in [0.1, 0.15) is 5.58 Å². The average Bonchev–Trinajstić information content (AvgIpc) is 3.58. The molecule has 7 aromatic carbocycles. The van der Waals surface area contributed by atoms with Crippen LogP contribution < -0.4 is 9.80 Å². The Morgan fingerprint density at radius 1 is 0.415 bits per heavy atom. The lowest BCUT2D eigenvalue weighted by Gasteiger charge is -2.42. The number of rotatable bonds is 7. The predicted molar refractivity (Wildman–Crippen MR) is 224 cm³/mol. The van der Waals surface area contributed by atoms with Crippen LogP contribution in [0.5, 0.6) is 0 Å². The van der Waals surface area contributed by atoms with Gasteiger partial charge in [0.15, 0.2) is 5.58 Å². The molecule has 3 nitrogen and oxygen atoms in total. The van der Waals surface area contributed by atoms with E-state index in [0.717, 1.165) is 62.5 Å². The molecule has 0 aliphatic heterocycles. The molecule has 0 radical (unpaired) electrons. The highest BCUT2D eigenvalue weighted by molar-refractivity contribution is 6.10. The van der Waals surface area contributed by atoms with Crippen LogP contribution >= 0.6 is 0 Å². The zero-order chi connectivity index (χ0) is 36.2. The molecule has 3 heteroatoms.